The average molecular weight is 325 g/mol. The largest absolute Gasteiger partial charge is 0.327 e. The number of unbranched alkanes of at least 4 members (excludes halogenated alkanes) is 2. The zero-order chi connectivity index (χ0) is 16.5. The van der Waals surface area contributed by atoms with Crippen LogP contribution < -0.4 is 0 Å². The summed E-state index contributed by atoms with van der Waals surface area (Å²) in [4.78, 5) is 0. The molecule has 3 aliphatic rings. The Morgan fingerprint density at radius 2 is 1.50 bits per heavy atom. The average Bonchev–Trinajstić information content (AvgIpc) is 2.42. The Balaban J connectivity index is 1.76. The highest BCUT2D eigenvalue weighted by atomic mass is 28.3. The zero-order valence-electron chi connectivity index (χ0n) is 15.2. The van der Waals surface area contributed by atoms with E-state index in [4.69, 9.17) is 14.2 Å². The smallest absolute Gasteiger partial charge is 0.282 e. The molecule has 0 radical (unpaired) electrons. The maximum absolute atomic E-state index is 5.98. The van der Waals surface area contributed by atoms with Crippen LogP contribution in [-0.2, 0) is 14.2 Å². The fraction of sp³-hybridized carbons (Fsp3) is 0.889. The summed E-state index contributed by atoms with van der Waals surface area (Å²) in [7, 11) is -1.23. The summed E-state index contributed by atoms with van der Waals surface area (Å²) in [5, 5.41) is 0. The maximum atomic E-state index is 5.98. The van der Waals surface area contributed by atoms with Gasteiger partial charge in [0.15, 0.2) is 0 Å². The van der Waals surface area contributed by atoms with E-state index in [0.717, 1.165) is 45.5 Å². The minimum absolute atomic E-state index is 0.00242. The van der Waals surface area contributed by atoms with Crippen LogP contribution in [0.5, 0.6) is 0 Å². The van der Waals surface area contributed by atoms with Crippen LogP contribution in [-0.4, -0.2) is 33.9 Å². The molecule has 3 aliphatic heterocycles. The van der Waals surface area contributed by atoms with E-state index in [2.05, 4.69) is 51.9 Å². The SMILES string of the molecule is CC(C)(C)C12COC(CCCCC#C[Si](C)(C)C)(OC1)OC2. The zero-order valence-corrected chi connectivity index (χ0v) is 16.2. The van der Waals surface area contributed by atoms with E-state index < -0.39 is 14.0 Å². The lowest BCUT2D eigenvalue weighted by atomic mass is 9.67. The van der Waals surface area contributed by atoms with Gasteiger partial charge in [-0.25, -0.2) is 0 Å². The van der Waals surface area contributed by atoms with Gasteiger partial charge in [-0.15, -0.1) is 11.5 Å². The standard InChI is InChI=1S/C18H32O3Si/c1-16(2,3)17-13-19-18(20-14-17,21-15-17)11-9-7-8-10-12-22(4,5)6/h7-9,11,13-15H2,1-6H3. The Bertz CT molecular complexity index is 423. The van der Waals surface area contributed by atoms with Crippen LogP contribution in [0.1, 0.15) is 46.5 Å². The predicted octanol–water partition coefficient (Wildman–Crippen LogP) is 4.19. The lowest BCUT2D eigenvalue weighted by molar-refractivity contribution is -0.480. The van der Waals surface area contributed by atoms with Gasteiger partial charge in [0.25, 0.3) is 5.97 Å². The molecule has 3 fully saturated rings. The van der Waals surface area contributed by atoms with Crippen molar-refractivity contribution in [3.63, 3.8) is 0 Å². The van der Waals surface area contributed by atoms with E-state index in [0.29, 0.717) is 0 Å². The summed E-state index contributed by atoms with van der Waals surface area (Å²) in [5.41, 5.74) is 3.54. The molecule has 0 saturated carbocycles. The molecule has 3 saturated heterocycles. The molecule has 22 heavy (non-hydrogen) atoms. The molecule has 2 bridgehead atoms. The number of hydrogen-bond acceptors (Lipinski definition) is 3. The van der Waals surface area contributed by atoms with Gasteiger partial charge in [0.1, 0.15) is 8.07 Å². The quantitative estimate of drug-likeness (QED) is 0.441. The molecule has 0 aromatic heterocycles. The predicted molar refractivity (Wildman–Crippen MR) is 92.1 cm³/mol. The Kier molecular flexibility index (Phi) is 5.14. The molecule has 0 aromatic rings. The molecule has 126 valence electrons. The second-order valence-electron chi connectivity index (χ2n) is 8.84. The van der Waals surface area contributed by atoms with Crippen molar-refractivity contribution < 1.29 is 14.2 Å². The summed E-state index contributed by atoms with van der Waals surface area (Å²) in [6.45, 7) is 15.8. The Hall–Kier alpha value is -0.343. The van der Waals surface area contributed by atoms with Gasteiger partial charge in [0, 0.05) is 18.3 Å². The third kappa shape index (κ3) is 4.14. The van der Waals surface area contributed by atoms with Gasteiger partial charge in [-0.1, -0.05) is 40.4 Å². The fourth-order valence-electron chi connectivity index (χ4n) is 2.74. The highest BCUT2D eigenvalue weighted by molar-refractivity contribution is 6.83. The van der Waals surface area contributed by atoms with Crippen molar-refractivity contribution in [1.29, 1.82) is 0 Å². The van der Waals surface area contributed by atoms with E-state index in [1.165, 1.54) is 0 Å². The molecule has 3 nitrogen and oxygen atoms in total. The normalized spacial score (nSPS) is 31.7. The van der Waals surface area contributed by atoms with Crippen LogP contribution >= 0.6 is 0 Å². The minimum atomic E-state index is -1.23. The monoisotopic (exact) mass is 324 g/mol. The number of hydrogen-bond donors (Lipinski definition) is 0. The second-order valence-corrected chi connectivity index (χ2v) is 13.6. The molecule has 4 heteroatoms. The maximum Gasteiger partial charge on any atom is 0.282 e. The van der Waals surface area contributed by atoms with Gasteiger partial charge in [-0.05, 0) is 18.3 Å². The highest BCUT2D eigenvalue weighted by Gasteiger charge is 2.56. The van der Waals surface area contributed by atoms with E-state index >= 15 is 0 Å². The van der Waals surface area contributed by atoms with Crippen molar-refractivity contribution >= 4 is 8.07 Å². The molecule has 3 rings (SSSR count). The van der Waals surface area contributed by atoms with Crippen LogP contribution in [0, 0.1) is 22.3 Å². The van der Waals surface area contributed by atoms with Crippen LogP contribution in [0.15, 0.2) is 0 Å². The first-order chi connectivity index (χ1) is 10.1. The topological polar surface area (TPSA) is 27.7 Å². The molecule has 3 heterocycles. The molecule has 0 aromatic carbocycles. The van der Waals surface area contributed by atoms with Crippen LogP contribution in [0.3, 0.4) is 0 Å². The molecule has 0 aliphatic carbocycles. The Morgan fingerprint density at radius 1 is 0.955 bits per heavy atom. The first kappa shape index (κ1) is 18.0. The third-order valence-corrected chi connectivity index (χ3v) is 5.72. The number of ether oxygens (including phenoxy) is 3. The van der Waals surface area contributed by atoms with Crippen LogP contribution in [0.2, 0.25) is 19.6 Å². The van der Waals surface area contributed by atoms with Gasteiger partial charge in [-0.3, -0.25) is 0 Å². The molecule has 0 N–H and O–H groups in total. The lowest BCUT2D eigenvalue weighted by Crippen LogP contribution is -2.64. The molecular formula is C18H32O3Si. The van der Waals surface area contributed by atoms with Gasteiger partial charge in [-0.2, -0.15) is 0 Å². The molecule has 0 amide bonds. The Labute approximate surface area is 137 Å². The molecule has 0 atom stereocenters. The molecule has 0 unspecified atom stereocenters. The van der Waals surface area contributed by atoms with E-state index in [-0.39, 0.29) is 10.8 Å². The summed E-state index contributed by atoms with van der Waals surface area (Å²) in [6, 6.07) is 0. The Morgan fingerprint density at radius 3 is 1.95 bits per heavy atom. The van der Waals surface area contributed by atoms with E-state index in [1.807, 2.05) is 0 Å². The lowest BCUT2D eigenvalue weighted by Gasteiger charge is -2.57. The number of fused-ring (bicyclic) bond motifs is 3. The van der Waals surface area contributed by atoms with Gasteiger partial charge in [0.2, 0.25) is 0 Å². The van der Waals surface area contributed by atoms with E-state index in [9.17, 15) is 0 Å². The van der Waals surface area contributed by atoms with Crippen molar-refractivity contribution in [2.75, 3.05) is 19.8 Å². The van der Waals surface area contributed by atoms with Crippen molar-refractivity contribution in [3.8, 4) is 11.5 Å². The van der Waals surface area contributed by atoms with Crippen molar-refractivity contribution in [1.82, 2.24) is 0 Å². The highest BCUT2D eigenvalue weighted by Crippen LogP contribution is 2.49. The molecular weight excluding hydrogens is 292 g/mol. The summed E-state index contributed by atoms with van der Waals surface area (Å²) < 4.78 is 17.9. The second kappa shape index (κ2) is 6.28. The summed E-state index contributed by atoms with van der Waals surface area (Å²) >= 11 is 0. The van der Waals surface area contributed by atoms with Gasteiger partial charge < -0.3 is 14.2 Å². The molecule has 0 spiro atoms. The van der Waals surface area contributed by atoms with E-state index in [1.54, 1.807) is 0 Å². The fourth-order valence-corrected chi connectivity index (χ4v) is 3.40. The number of rotatable bonds is 4. The minimum Gasteiger partial charge on any atom is -0.327 e. The third-order valence-electron chi connectivity index (χ3n) is 4.79. The van der Waals surface area contributed by atoms with Crippen LogP contribution in [0.25, 0.3) is 0 Å². The van der Waals surface area contributed by atoms with Gasteiger partial charge >= 0.3 is 0 Å². The van der Waals surface area contributed by atoms with Gasteiger partial charge in [0.05, 0.1) is 19.8 Å². The summed E-state index contributed by atoms with van der Waals surface area (Å²) in [6.07, 6.45) is 3.89. The van der Waals surface area contributed by atoms with Crippen LogP contribution in [0.4, 0.5) is 0 Å². The van der Waals surface area contributed by atoms with Crippen molar-refractivity contribution in [2.45, 2.75) is 72.1 Å². The van der Waals surface area contributed by atoms with Crippen molar-refractivity contribution in [2.24, 2.45) is 10.8 Å². The summed E-state index contributed by atoms with van der Waals surface area (Å²) in [5.74, 6) is 2.54. The first-order valence-electron chi connectivity index (χ1n) is 8.50. The van der Waals surface area contributed by atoms with Crippen molar-refractivity contribution in [3.05, 3.63) is 0 Å². The first-order valence-corrected chi connectivity index (χ1v) is 12.0.